The quantitative estimate of drug-likeness (QED) is 0.893. The number of nitrogen functional groups attached to an aromatic ring is 1. The summed E-state index contributed by atoms with van der Waals surface area (Å²) in [6.07, 6.45) is 8.45. The Morgan fingerprint density at radius 1 is 1.39 bits per heavy atom. The molecule has 1 saturated carbocycles. The van der Waals surface area contributed by atoms with Gasteiger partial charge in [-0.15, -0.1) is 0 Å². The fourth-order valence-electron chi connectivity index (χ4n) is 2.50. The minimum absolute atomic E-state index is 0.152. The van der Waals surface area contributed by atoms with Crippen LogP contribution >= 0.6 is 0 Å². The molecule has 2 rings (SSSR count). The number of anilines is 2. The summed E-state index contributed by atoms with van der Waals surface area (Å²) in [4.78, 5) is 18.0. The largest absolute Gasteiger partial charge is 0.397 e. The second-order valence-electron chi connectivity index (χ2n) is 5.11. The number of hydrogen-bond donors (Lipinski definition) is 1. The van der Waals surface area contributed by atoms with Crippen LogP contribution in [0.1, 0.15) is 38.5 Å². The zero-order valence-corrected chi connectivity index (χ0v) is 10.9. The van der Waals surface area contributed by atoms with E-state index in [1.807, 2.05) is 0 Å². The van der Waals surface area contributed by atoms with E-state index in [0.717, 1.165) is 0 Å². The number of carbonyl (C=O) groups excluding carboxylic acids is 1. The Labute approximate surface area is 108 Å². The number of aromatic nitrogens is 1. The first kappa shape index (κ1) is 12.9. The van der Waals surface area contributed by atoms with Gasteiger partial charge >= 0.3 is 0 Å². The average Bonchev–Trinajstić information content (AvgIpc) is 2.40. The number of hydrogen-bond acceptors (Lipinski definition) is 3. The van der Waals surface area contributed by atoms with Crippen molar-refractivity contribution >= 4 is 17.4 Å². The Balaban J connectivity index is 1.93. The van der Waals surface area contributed by atoms with E-state index < -0.39 is 0 Å². The predicted molar refractivity (Wildman–Crippen MR) is 73.3 cm³/mol. The molecule has 4 nitrogen and oxygen atoms in total. The molecular weight excluding hydrogens is 226 g/mol. The van der Waals surface area contributed by atoms with Gasteiger partial charge in [-0.1, -0.05) is 19.3 Å². The van der Waals surface area contributed by atoms with Gasteiger partial charge < -0.3 is 5.73 Å². The SMILES string of the molecule is CN(C(=O)CC1CCCCC1)c1ccc(N)cn1. The van der Waals surface area contributed by atoms with Gasteiger partial charge in [0.2, 0.25) is 5.91 Å². The number of nitrogens with two attached hydrogens (primary N) is 1. The molecule has 1 aromatic heterocycles. The van der Waals surface area contributed by atoms with Gasteiger partial charge in [-0.05, 0) is 30.9 Å². The number of pyridine rings is 1. The number of rotatable bonds is 3. The van der Waals surface area contributed by atoms with E-state index in [4.69, 9.17) is 5.73 Å². The lowest BCUT2D eigenvalue weighted by Crippen LogP contribution is -2.29. The van der Waals surface area contributed by atoms with Crippen LogP contribution < -0.4 is 10.6 Å². The summed E-state index contributed by atoms with van der Waals surface area (Å²) in [7, 11) is 1.78. The Morgan fingerprint density at radius 2 is 2.11 bits per heavy atom. The third-order valence-corrected chi connectivity index (χ3v) is 3.68. The van der Waals surface area contributed by atoms with Crippen molar-refractivity contribution in [2.75, 3.05) is 17.7 Å². The predicted octanol–water partition coefficient (Wildman–Crippen LogP) is 2.60. The average molecular weight is 247 g/mol. The molecule has 1 fully saturated rings. The molecule has 1 heterocycles. The highest BCUT2D eigenvalue weighted by molar-refractivity contribution is 5.92. The zero-order chi connectivity index (χ0) is 13.0. The Bertz CT molecular complexity index is 396. The fourth-order valence-corrected chi connectivity index (χ4v) is 2.50. The molecule has 0 aromatic carbocycles. The van der Waals surface area contributed by atoms with Crippen LogP contribution in [-0.4, -0.2) is 17.9 Å². The minimum atomic E-state index is 0.152. The van der Waals surface area contributed by atoms with Crippen LogP contribution in [0.2, 0.25) is 0 Å². The molecule has 0 unspecified atom stereocenters. The topological polar surface area (TPSA) is 59.2 Å². The van der Waals surface area contributed by atoms with Crippen LogP contribution in [0.3, 0.4) is 0 Å². The van der Waals surface area contributed by atoms with Gasteiger partial charge in [-0.3, -0.25) is 9.69 Å². The van der Waals surface area contributed by atoms with Crippen molar-refractivity contribution in [1.82, 2.24) is 4.98 Å². The molecule has 1 aliphatic rings. The second kappa shape index (κ2) is 5.85. The Kier molecular flexibility index (Phi) is 4.18. The van der Waals surface area contributed by atoms with E-state index >= 15 is 0 Å². The second-order valence-corrected chi connectivity index (χ2v) is 5.11. The highest BCUT2D eigenvalue weighted by Crippen LogP contribution is 2.27. The maximum Gasteiger partial charge on any atom is 0.228 e. The Hall–Kier alpha value is -1.58. The van der Waals surface area contributed by atoms with Crippen molar-refractivity contribution in [2.45, 2.75) is 38.5 Å². The molecule has 18 heavy (non-hydrogen) atoms. The van der Waals surface area contributed by atoms with E-state index in [1.54, 1.807) is 30.3 Å². The first-order valence-corrected chi connectivity index (χ1v) is 6.65. The maximum absolute atomic E-state index is 12.2. The van der Waals surface area contributed by atoms with E-state index in [2.05, 4.69) is 4.98 Å². The molecule has 2 N–H and O–H groups in total. The summed E-state index contributed by atoms with van der Waals surface area (Å²) in [5.74, 6) is 1.38. The minimum Gasteiger partial charge on any atom is -0.397 e. The molecular formula is C14H21N3O. The van der Waals surface area contributed by atoms with Gasteiger partial charge in [-0.25, -0.2) is 4.98 Å². The van der Waals surface area contributed by atoms with Crippen LogP contribution in [0.25, 0.3) is 0 Å². The smallest absolute Gasteiger partial charge is 0.228 e. The molecule has 0 atom stereocenters. The normalized spacial score (nSPS) is 16.5. The summed E-state index contributed by atoms with van der Waals surface area (Å²) in [6.45, 7) is 0. The first-order chi connectivity index (χ1) is 8.66. The van der Waals surface area contributed by atoms with Crippen molar-refractivity contribution in [1.29, 1.82) is 0 Å². The monoisotopic (exact) mass is 247 g/mol. The molecule has 0 aliphatic heterocycles. The highest BCUT2D eigenvalue weighted by atomic mass is 16.2. The van der Waals surface area contributed by atoms with Crippen molar-refractivity contribution in [3.8, 4) is 0 Å². The molecule has 4 heteroatoms. The van der Waals surface area contributed by atoms with Gasteiger partial charge in [-0.2, -0.15) is 0 Å². The van der Waals surface area contributed by atoms with Crippen LogP contribution in [0.4, 0.5) is 11.5 Å². The summed E-state index contributed by atoms with van der Waals surface area (Å²) < 4.78 is 0. The van der Waals surface area contributed by atoms with Crippen molar-refractivity contribution in [3.05, 3.63) is 18.3 Å². The number of carbonyl (C=O) groups is 1. The van der Waals surface area contributed by atoms with Crippen molar-refractivity contribution < 1.29 is 4.79 Å². The highest BCUT2D eigenvalue weighted by Gasteiger charge is 2.20. The number of nitrogens with zero attached hydrogens (tertiary/aromatic N) is 2. The number of amides is 1. The van der Waals surface area contributed by atoms with Gasteiger partial charge in [0.25, 0.3) is 0 Å². The molecule has 98 valence electrons. The lowest BCUT2D eigenvalue weighted by atomic mass is 9.87. The van der Waals surface area contributed by atoms with Crippen molar-refractivity contribution in [2.24, 2.45) is 5.92 Å². The summed E-state index contributed by atoms with van der Waals surface area (Å²) >= 11 is 0. The lowest BCUT2D eigenvalue weighted by Gasteiger charge is -2.23. The molecule has 1 amide bonds. The van der Waals surface area contributed by atoms with Gasteiger partial charge in [0.15, 0.2) is 0 Å². The van der Waals surface area contributed by atoms with Crippen LogP contribution in [0, 0.1) is 5.92 Å². The first-order valence-electron chi connectivity index (χ1n) is 6.65. The molecule has 1 aromatic rings. The molecule has 0 radical (unpaired) electrons. The maximum atomic E-state index is 12.2. The van der Waals surface area contributed by atoms with Gasteiger partial charge in [0.1, 0.15) is 5.82 Å². The molecule has 0 spiro atoms. The molecule has 0 bridgehead atoms. The third-order valence-electron chi connectivity index (χ3n) is 3.68. The summed E-state index contributed by atoms with van der Waals surface area (Å²) in [5.41, 5.74) is 6.20. The summed E-state index contributed by atoms with van der Waals surface area (Å²) in [5, 5.41) is 0. The fraction of sp³-hybridized carbons (Fsp3) is 0.571. The molecule has 0 saturated heterocycles. The summed E-state index contributed by atoms with van der Waals surface area (Å²) in [6, 6.07) is 3.56. The standard InChI is InChI=1S/C14H21N3O/c1-17(13-8-7-12(15)10-16-13)14(18)9-11-5-3-2-4-6-11/h7-8,10-11H,2-6,9,15H2,1H3. The van der Waals surface area contributed by atoms with Crippen LogP contribution in [-0.2, 0) is 4.79 Å². The third kappa shape index (κ3) is 3.22. The van der Waals surface area contributed by atoms with E-state index in [9.17, 15) is 4.79 Å². The van der Waals surface area contributed by atoms with Gasteiger partial charge in [0.05, 0.1) is 11.9 Å². The van der Waals surface area contributed by atoms with Crippen molar-refractivity contribution in [3.63, 3.8) is 0 Å². The van der Waals surface area contributed by atoms with Gasteiger partial charge in [0, 0.05) is 13.5 Å². The van der Waals surface area contributed by atoms with Crippen LogP contribution in [0.5, 0.6) is 0 Å². The van der Waals surface area contributed by atoms with Crippen LogP contribution in [0.15, 0.2) is 18.3 Å². The zero-order valence-electron chi connectivity index (χ0n) is 10.9. The van der Waals surface area contributed by atoms with E-state index in [1.165, 1.54) is 32.1 Å². The van der Waals surface area contributed by atoms with E-state index in [-0.39, 0.29) is 5.91 Å². The molecule has 1 aliphatic carbocycles. The van der Waals surface area contributed by atoms with E-state index in [0.29, 0.717) is 23.8 Å². The lowest BCUT2D eigenvalue weighted by molar-refractivity contribution is -0.119. The Morgan fingerprint density at radius 3 is 2.72 bits per heavy atom.